The average molecular weight is 264 g/mol. The van der Waals surface area contributed by atoms with E-state index in [0.29, 0.717) is 11.8 Å². The first-order chi connectivity index (χ1) is 9.20. The molecule has 1 aliphatic rings. The minimum Gasteiger partial charge on any atom is -0.504 e. The third-order valence-corrected chi connectivity index (χ3v) is 3.78. The quantitative estimate of drug-likeness (QED) is 0.824. The van der Waals surface area contributed by atoms with Gasteiger partial charge in [-0.1, -0.05) is 6.07 Å². The lowest BCUT2D eigenvalue weighted by atomic mass is 10.2. The molecular formula is C15H24N2O2. The van der Waals surface area contributed by atoms with E-state index in [4.69, 9.17) is 4.74 Å². The molecule has 1 fully saturated rings. The lowest BCUT2D eigenvalue weighted by molar-refractivity contribution is 0.251. The molecule has 2 N–H and O–H groups in total. The van der Waals surface area contributed by atoms with Gasteiger partial charge < -0.3 is 15.2 Å². The fourth-order valence-corrected chi connectivity index (χ4v) is 2.57. The number of ether oxygens (including phenoxy) is 1. The Morgan fingerprint density at radius 3 is 2.79 bits per heavy atom. The van der Waals surface area contributed by atoms with Gasteiger partial charge in [-0.2, -0.15) is 0 Å². The van der Waals surface area contributed by atoms with E-state index in [9.17, 15) is 5.11 Å². The molecule has 0 radical (unpaired) electrons. The van der Waals surface area contributed by atoms with Gasteiger partial charge in [-0.3, -0.25) is 4.90 Å². The van der Waals surface area contributed by atoms with Gasteiger partial charge in [-0.15, -0.1) is 0 Å². The number of nitrogens with one attached hydrogen (secondary N) is 1. The summed E-state index contributed by atoms with van der Waals surface area (Å²) in [4.78, 5) is 2.53. The zero-order valence-corrected chi connectivity index (χ0v) is 11.9. The molecule has 0 bridgehead atoms. The Balaban J connectivity index is 1.78. The van der Waals surface area contributed by atoms with Gasteiger partial charge >= 0.3 is 0 Å². The van der Waals surface area contributed by atoms with Crippen molar-refractivity contribution in [3.05, 3.63) is 23.8 Å². The Hall–Kier alpha value is -1.26. The van der Waals surface area contributed by atoms with Crippen molar-refractivity contribution in [1.82, 2.24) is 10.2 Å². The van der Waals surface area contributed by atoms with Crippen LogP contribution in [-0.2, 0) is 6.54 Å². The van der Waals surface area contributed by atoms with Crippen LogP contribution in [0.1, 0.15) is 25.3 Å². The van der Waals surface area contributed by atoms with E-state index in [-0.39, 0.29) is 5.75 Å². The maximum atomic E-state index is 9.54. The Labute approximate surface area is 115 Å². The number of phenols is 1. The van der Waals surface area contributed by atoms with Crippen molar-refractivity contribution in [3.8, 4) is 11.5 Å². The van der Waals surface area contributed by atoms with Gasteiger partial charge in [0.05, 0.1) is 7.11 Å². The average Bonchev–Trinajstić information content (AvgIpc) is 2.94. The minimum absolute atomic E-state index is 0.191. The summed E-state index contributed by atoms with van der Waals surface area (Å²) < 4.78 is 5.11. The third-order valence-electron chi connectivity index (χ3n) is 3.78. The van der Waals surface area contributed by atoms with E-state index in [1.807, 2.05) is 12.1 Å². The molecule has 1 saturated heterocycles. The molecule has 1 aliphatic heterocycles. The third kappa shape index (κ3) is 3.85. The van der Waals surface area contributed by atoms with Gasteiger partial charge in [0.15, 0.2) is 11.5 Å². The summed E-state index contributed by atoms with van der Waals surface area (Å²) in [7, 11) is 1.57. The van der Waals surface area contributed by atoms with Crippen molar-refractivity contribution in [1.29, 1.82) is 0 Å². The molecule has 4 heteroatoms. The molecule has 0 amide bonds. The molecule has 1 atom stereocenters. The van der Waals surface area contributed by atoms with Crippen molar-refractivity contribution in [2.24, 2.45) is 0 Å². The lowest BCUT2D eigenvalue weighted by Gasteiger charge is -2.24. The van der Waals surface area contributed by atoms with Crippen molar-refractivity contribution in [3.63, 3.8) is 0 Å². The first-order valence-corrected chi connectivity index (χ1v) is 7.01. The first-order valence-electron chi connectivity index (χ1n) is 7.01. The molecule has 4 nitrogen and oxygen atoms in total. The second-order valence-electron chi connectivity index (χ2n) is 5.23. The maximum Gasteiger partial charge on any atom is 0.160 e. The zero-order valence-electron chi connectivity index (χ0n) is 11.9. The number of nitrogens with zero attached hydrogens (tertiary/aromatic N) is 1. The van der Waals surface area contributed by atoms with Crippen LogP contribution in [0.25, 0.3) is 0 Å². The molecule has 19 heavy (non-hydrogen) atoms. The van der Waals surface area contributed by atoms with Gasteiger partial charge in [-0.25, -0.2) is 0 Å². The van der Waals surface area contributed by atoms with Gasteiger partial charge in [0.2, 0.25) is 0 Å². The lowest BCUT2D eigenvalue weighted by Crippen LogP contribution is -2.38. The van der Waals surface area contributed by atoms with E-state index < -0.39 is 0 Å². The van der Waals surface area contributed by atoms with Gasteiger partial charge in [0.25, 0.3) is 0 Å². The normalized spacial score (nSPS) is 17.6. The highest BCUT2D eigenvalue weighted by molar-refractivity contribution is 5.41. The number of aromatic hydroxyl groups is 1. The predicted octanol–water partition coefficient (Wildman–Crippen LogP) is 1.97. The van der Waals surface area contributed by atoms with E-state index in [1.165, 1.54) is 25.9 Å². The van der Waals surface area contributed by atoms with Crippen LogP contribution in [-0.4, -0.2) is 42.8 Å². The molecule has 1 aromatic carbocycles. The monoisotopic (exact) mass is 264 g/mol. The van der Waals surface area contributed by atoms with Crippen LogP contribution >= 0.6 is 0 Å². The van der Waals surface area contributed by atoms with Crippen molar-refractivity contribution in [2.45, 2.75) is 32.4 Å². The van der Waals surface area contributed by atoms with Crippen LogP contribution in [0.4, 0.5) is 0 Å². The summed E-state index contributed by atoms with van der Waals surface area (Å²) in [6.45, 7) is 6.53. The standard InChI is InChI=1S/C15H24N2O2/c1-12(17-7-3-4-8-17)10-16-11-13-5-6-14(18)15(9-13)19-2/h5-6,9,12,16,18H,3-4,7-8,10-11H2,1-2H3. The molecule has 1 unspecified atom stereocenters. The van der Waals surface area contributed by atoms with Crippen LogP contribution in [0.3, 0.4) is 0 Å². The SMILES string of the molecule is COc1cc(CNCC(C)N2CCCC2)ccc1O. The first kappa shape index (κ1) is 14.2. The summed E-state index contributed by atoms with van der Waals surface area (Å²) in [5.74, 6) is 0.726. The second-order valence-corrected chi connectivity index (χ2v) is 5.23. The van der Waals surface area contributed by atoms with E-state index in [1.54, 1.807) is 13.2 Å². The zero-order chi connectivity index (χ0) is 13.7. The number of benzene rings is 1. The highest BCUT2D eigenvalue weighted by Gasteiger charge is 2.17. The largest absolute Gasteiger partial charge is 0.504 e. The Kier molecular flexibility index (Phi) is 5.05. The fourth-order valence-electron chi connectivity index (χ4n) is 2.57. The van der Waals surface area contributed by atoms with Crippen LogP contribution in [0.2, 0.25) is 0 Å². The molecule has 0 saturated carbocycles. The predicted molar refractivity (Wildman–Crippen MR) is 76.6 cm³/mol. The number of methoxy groups -OCH3 is 1. The molecule has 0 spiro atoms. The molecule has 106 valence electrons. The fraction of sp³-hybridized carbons (Fsp3) is 0.600. The summed E-state index contributed by atoms with van der Waals surface area (Å²) in [6.07, 6.45) is 2.67. The number of phenolic OH excluding ortho intramolecular Hbond substituents is 1. The molecule has 0 aromatic heterocycles. The maximum absolute atomic E-state index is 9.54. The van der Waals surface area contributed by atoms with E-state index >= 15 is 0 Å². The molecule has 0 aliphatic carbocycles. The summed E-state index contributed by atoms with van der Waals surface area (Å²) in [6, 6.07) is 6.06. The number of hydrogen-bond acceptors (Lipinski definition) is 4. The van der Waals surface area contributed by atoms with Crippen LogP contribution in [0.15, 0.2) is 18.2 Å². The second kappa shape index (κ2) is 6.78. The van der Waals surface area contributed by atoms with E-state index in [0.717, 1.165) is 18.7 Å². The molecule has 1 heterocycles. The molecule has 1 aromatic rings. The van der Waals surface area contributed by atoms with Crippen molar-refractivity contribution in [2.75, 3.05) is 26.7 Å². The summed E-state index contributed by atoms with van der Waals surface area (Å²) in [5, 5.41) is 13.0. The van der Waals surface area contributed by atoms with Crippen molar-refractivity contribution < 1.29 is 9.84 Å². The van der Waals surface area contributed by atoms with Crippen molar-refractivity contribution >= 4 is 0 Å². The van der Waals surface area contributed by atoms with Gasteiger partial charge in [-0.05, 0) is 50.6 Å². The van der Waals surface area contributed by atoms with E-state index in [2.05, 4.69) is 17.1 Å². The Morgan fingerprint density at radius 1 is 1.37 bits per heavy atom. The summed E-state index contributed by atoms with van der Waals surface area (Å²) >= 11 is 0. The molecule has 2 rings (SSSR count). The highest BCUT2D eigenvalue weighted by Crippen LogP contribution is 2.26. The topological polar surface area (TPSA) is 44.7 Å². The smallest absolute Gasteiger partial charge is 0.160 e. The Morgan fingerprint density at radius 2 is 2.11 bits per heavy atom. The number of likely N-dealkylation sites (tertiary alicyclic amines) is 1. The number of hydrogen-bond donors (Lipinski definition) is 2. The number of rotatable bonds is 6. The van der Waals surface area contributed by atoms with Crippen LogP contribution in [0.5, 0.6) is 11.5 Å². The van der Waals surface area contributed by atoms with Gasteiger partial charge in [0, 0.05) is 19.1 Å². The minimum atomic E-state index is 0.191. The highest BCUT2D eigenvalue weighted by atomic mass is 16.5. The van der Waals surface area contributed by atoms with Crippen LogP contribution < -0.4 is 10.1 Å². The van der Waals surface area contributed by atoms with Gasteiger partial charge in [0.1, 0.15) is 0 Å². The van der Waals surface area contributed by atoms with Crippen LogP contribution in [0, 0.1) is 0 Å². The summed E-state index contributed by atoms with van der Waals surface area (Å²) in [5.41, 5.74) is 1.13. The molecular weight excluding hydrogens is 240 g/mol. The Bertz CT molecular complexity index is 403.